The van der Waals surface area contributed by atoms with Crippen molar-refractivity contribution in [3.8, 4) is 0 Å². The van der Waals surface area contributed by atoms with E-state index >= 15 is 0 Å². The van der Waals surface area contributed by atoms with Crippen molar-refractivity contribution in [2.75, 3.05) is 6.61 Å². The van der Waals surface area contributed by atoms with Gasteiger partial charge in [-0.25, -0.2) is 9.97 Å². The fourth-order valence-corrected chi connectivity index (χ4v) is 2.45. The van der Waals surface area contributed by atoms with E-state index in [1.165, 1.54) is 17.2 Å². The molecule has 19 heavy (non-hydrogen) atoms. The summed E-state index contributed by atoms with van der Waals surface area (Å²) in [5.41, 5.74) is 1.02. The van der Waals surface area contributed by atoms with Gasteiger partial charge in [0.05, 0.1) is 19.3 Å². The second-order valence-electron chi connectivity index (χ2n) is 4.29. The van der Waals surface area contributed by atoms with Gasteiger partial charge in [0.25, 0.3) is 0 Å². The highest BCUT2D eigenvalue weighted by atomic mass is 32.1. The molecule has 0 amide bonds. The number of hydrogen-bond acceptors (Lipinski definition) is 7. The lowest BCUT2D eigenvalue weighted by Gasteiger charge is -2.16. The van der Waals surface area contributed by atoms with Gasteiger partial charge in [0.15, 0.2) is 16.5 Å². The maximum atomic E-state index is 9.98. The van der Waals surface area contributed by atoms with E-state index in [0.717, 1.165) is 0 Å². The number of nitrogens with one attached hydrogen (secondary N) is 1. The monoisotopic (exact) mass is 284 g/mol. The van der Waals surface area contributed by atoms with E-state index in [4.69, 9.17) is 22.1 Å². The number of rotatable bonds is 2. The van der Waals surface area contributed by atoms with Gasteiger partial charge in [-0.15, -0.1) is 0 Å². The zero-order valence-corrected chi connectivity index (χ0v) is 10.5. The molecular weight excluding hydrogens is 272 g/mol. The second kappa shape index (κ2) is 4.62. The minimum absolute atomic E-state index is 0.309. The summed E-state index contributed by atoms with van der Waals surface area (Å²) in [5, 5.41) is 28.8. The summed E-state index contributed by atoms with van der Waals surface area (Å²) in [7, 11) is 0. The Hall–Kier alpha value is -1.39. The minimum Gasteiger partial charge on any atom is -0.394 e. The van der Waals surface area contributed by atoms with Crippen LogP contribution >= 0.6 is 12.2 Å². The Morgan fingerprint density at radius 1 is 1.37 bits per heavy atom. The topological polar surface area (TPSA) is 116 Å². The molecule has 0 unspecified atom stereocenters. The number of aromatic nitrogens is 4. The predicted octanol–water partition coefficient (Wildman–Crippen LogP) is -0.900. The number of aliphatic hydroxyl groups is 3. The minimum atomic E-state index is -1.18. The van der Waals surface area contributed by atoms with Crippen LogP contribution in [0.2, 0.25) is 0 Å². The summed E-state index contributed by atoms with van der Waals surface area (Å²) < 4.78 is 7.24. The lowest BCUT2D eigenvalue weighted by molar-refractivity contribution is -0.0509. The van der Waals surface area contributed by atoms with Crippen molar-refractivity contribution >= 4 is 23.4 Å². The van der Waals surface area contributed by atoms with Crippen molar-refractivity contribution in [1.29, 1.82) is 0 Å². The first-order valence-corrected chi connectivity index (χ1v) is 6.07. The molecule has 1 fully saturated rings. The van der Waals surface area contributed by atoms with Crippen molar-refractivity contribution in [2.45, 2.75) is 24.5 Å². The summed E-state index contributed by atoms with van der Waals surface area (Å²) in [6.45, 7) is -0.382. The Kier molecular flexibility index (Phi) is 3.07. The van der Waals surface area contributed by atoms with Crippen molar-refractivity contribution in [2.24, 2.45) is 0 Å². The summed E-state index contributed by atoms with van der Waals surface area (Å²) >= 11 is 5.12. The Morgan fingerprint density at radius 2 is 2.16 bits per heavy atom. The van der Waals surface area contributed by atoms with Crippen LogP contribution in [-0.4, -0.2) is 59.8 Å². The third-order valence-electron chi connectivity index (χ3n) is 3.17. The van der Waals surface area contributed by atoms with E-state index in [1.54, 1.807) is 0 Å². The van der Waals surface area contributed by atoms with Gasteiger partial charge in [-0.3, -0.25) is 4.57 Å². The summed E-state index contributed by atoms with van der Waals surface area (Å²) in [4.78, 5) is 10.9. The molecule has 2 aromatic heterocycles. The first kappa shape index (κ1) is 12.6. The maximum Gasteiger partial charge on any atom is 0.164 e. The quantitative estimate of drug-likeness (QED) is 0.528. The molecule has 2 aromatic rings. The van der Waals surface area contributed by atoms with Crippen molar-refractivity contribution in [3.05, 3.63) is 17.3 Å². The predicted molar refractivity (Wildman–Crippen MR) is 65.7 cm³/mol. The number of H-pyrrole nitrogens is 1. The molecular formula is C10H12N4O4S. The van der Waals surface area contributed by atoms with Crippen molar-refractivity contribution in [1.82, 2.24) is 19.5 Å². The highest BCUT2D eigenvalue weighted by Crippen LogP contribution is 2.31. The fourth-order valence-electron chi connectivity index (χ4n) is 2.19. The first-order valence-electron chi connectivity index (χ1n) is 5.66. The molecule has 3 heterocycles. The van der Waals surface area contributed by atoms with Gasteiger partial charge in [0.1, 0.15) is 23.8 Å². The normalized spacial score (nSPS) is 31.1. The van der Waals surface area contributed by atoms with Crippen LogP contribution in [0.5, 0.6) is 0 Å². The van der Waals surface area contributed by atoms with E-state index in [-0.39, 0.29) is 6.61 Å². The van der Waals surface area contributed by atoms with Crippen molar-refractivity contribution < 1.29 is 20.1 Å². The second-order valence-corrected chi connectivity index (χ2v) is 4.67. The van der Waals surface area contributed by atoms with Crippen molar-refractivity contribution in [3.63, 3.8) is 0 Å². The SMILES string of the molecule is OC[C@@H]1O[C@H](n2cnc3[nH]cnc(=S)c32)[C@@H](O)[C@@H]1O. The molecule has 3 rings (SSSR count). The third-order valence-corrected chi connectivity index (χ3v) is 3.47. The van der Waals surface area contributed by atoms with E-state index in [1.807, 2.05) is 0 Å². The smallest absolute Gasteiger partial charge is 0.164 e. The number of aromatic amines is 1. The van der Waals surface area contributed by atoms with E-state index in [9.17, 15) is 10.2 Å². The number of aliphatic hydroxyl groups excluding tert-OH is 3. The summed E-state index contributed by atoms with van der Waals surface area (Å²) in [5.74, 6) is 0. The molecule has 102 valence electrons. The molecule has 0 radical (unpaired) electrons. The molecule has 0 aromatic carbocycles. The van der Waals surface area contributed by atoms with Gasteiger partial charge < -0.3 is 25.0 Å². The van der Waals surface area contributed by atoms with Gasteiger partial charge in [0.2, 0.25) is 0 Å². The Labute approximate surface area is 112 Å². The highest BCUT2D eigenvalue weighted by molar-refractivity contribution is 7.71. The summed E-state index contributed by atoms with van der Waals surface area (Å²) in [6.07, 6.45) is -1.17. The number of imidazole rings is 1. The average molecular weight is 284 g/mol. The van der Waals surface area contributed by atoms with Crippen LogP contribution < -0.4 is 0 Å². The molecule has 1 aliphatic rings. The molecule has 1 saturated heterocycles. The Morgan fingerprint density at radius 3 is 2.84 bits per heavy atom. The number of fused-ring (bicyclic) bond motifs is 1. The molecule has 0 spiro atoms. The van der Waals surface area contributed by atoms with Gasteiger partial charge >= 0.3 is 0 Å². The molecule has 4 atom stereocenters. The zero-order chi connectivity index (χ0) is 13.6. The molecule has 0 aliphatic carbocycles. The van der Waals surface area contributed by atoms with Crippen LogP contribution in [0.25, 0.3) is 11.2 Å². The van der Waals surface area contributed by atoms with Gasteiger partial charge in [0, 0.05) is 0 Å². The molecule has 9 heteroatoms. The molecule has 0 saturated carbocycles. The van der Waals surface area contributed by atoms with Gasteiger partial charge in [-0.05, 0) is 0 Å². The van der Waals surface area contributed by atoms with Gasteiger partial charge in [-0.2, -0.15) is 0 Å². The van der Waals surface area contributed by atoms with Crippen LogP contribution in [0.3, 0.4) is 0 Å². The molecule has 8 nitrogen and oxygen atoms in total. The lowest BCUT2D eigenvalue weighted by Crippen LogP contribution is -2.33. The standard InChI is InChI=1S/C10H12N4O4S/c15-1-4-6(16)7(17)10(18-4)14-3-13-8-5(14)9(19)12-2-11-8/h2-4,6-7,10,15-17H,1H2,(H,11,12,19)/t4-,6+,7-,10-/m0/s1. The van der Waals surface area contributed by atoms with Gasteiger partial charge in [-0.1, -0.05) is 12.2 Å². The van der Waals surface area contributed by atoms with Crippen LogP contribution in [0.1, 0.15) is 6.23 Å². The Balaban J connectivity index is 2.08. The Bertz CT molecular complexity index is 656. The first-order chi connectivity index (χ1) is 9.13. The van der Waals surface area contributed by atoms with Crippen LogP contribution in [-0.2, 0) is 4.74 Å². The maximum absolute atomic E-state index is 9.98. The molecule has 0 bridgehead atoms. The van der Waals surface area contributed by atoms with Crippen LogP contribution in [0.4, 0.5) is 0 Å². The largest absolute Gasteiger partial charge is 0.394 e. The highest BCUT2D eigenvalue weighted by Gasteiger charge is 2.43. The summed E-state index contributed by atoms with van der Waals surface area (Å²) in [6, 6.07) is 0. The number of hydrogen-bond donors (Lipinski definition) is 4. The van der Waals surface area contributed by atoms with Crippen LogP contribution in [0.15, 0.2) is 12.7 Å². The fraction of sp³-hybridized carbons (Fsp3) is 0.500. The lowest BCUT2D eigenvalue weighted by atomic mass is 10.1. The number of ether oxygens (including phenoxy) is 1. The third kappa shape index (κ3) is 1.86. The number of nitrogens with zero attached hydrogens (tertiary/aromatic N) is 3. The average Bonchev–Trinajstić information content (AvgIpc) is 2.94. The molecule has 1 aliphatic heterocycles. The van der Waals surface area contributed by atoms with E-state index in [2.05, 4.69) is 15.0 Å². The zero-order valence-electron chi connectivity index (χ0n) is 9.67. The molecule has 4 N–H and O–H groups in total. The van der Waals surface area contributed by atoms with E-state index in [0.29, 0.717) is 15.8 Å². The van der Waals surface area contributed by atoms with Crippen LogP contribution in [0, 0.1) is 4.64 Å². The van der Waals surface area contributed by atoms with E-state index < -0.39 is 24.5 Å².